The molecule has 0 heterocycles. The fourth-order valence-electron chi connectivity index (χ4n) is 2.17. The summed E-state index contributed by atoms with van der Waals surface area (Å²) in [4.78, 5) is 23.3. The number of nitrogens with zero attached hydrogens (tertiary/aromatic N) is 1. The molecule has 6 heteroatoms. The molecule has 0 aliphatic rings. The number of rotatable bonds is 5. The SMILES string of the molecule is COc1ccc(/C=C(/C#N)C(=O)Nc2cccc(C(=O)O)c2)c(C)c1. The molecule has 2 aromatic carbocycles. The van der Waals surface area contributed by atoms with Gasteiger partial charge in [-0.1, -0.05) is 12.1 Å². The van der Waals surface area contributed by atoms with Gasteiger partial charge in [0.2, 0.25) is 0 Å². The Morgan fingerprint density at radius 2 is 2.00 bits per heavy atom. The van der Waals surface area contributed by atoms with Crippen molar-refractivity contribution in [2.45, 2.75) is 6.92 Å². The number of methoxy groups -OCH3 is 1. The lowest BCUT2D eigenvalue weighted by atomic mass is 10.1. The van der Waals surface area contributed by atoms with E-state index in [1.165, 1.54) is 24.3 Å². The highest BCUT2D eigenvalue weighted by Gasteiger charge is 2.12. The van der Waals surface area contributed by atoms with Gasteiger partial charge in [0.25, 0.3) is 5.91 Å². The second-order valence-electron chi connectivity index (χ2n) is 5.23. The van der Waals surface area contributed by atoms with Crippen molar-refractivity contribution in [3.05, 3.63) is 64.7 Å². The van der Waals surface area contributed by atoms with Crippen LogP contribution in [-0.2, 0) is 4.79 Å². The Balaban J connectivity index is 2.26. The Bertz CT molecular complexity index is 895. The Morgan fingerprint density at radius 1 is 1.24 bits per heavy atom. The number of carbonyl (C=O) groups is 2. The van der Waals surface area contributed by atoms with Crippen LogP contribution in [0.15, 0.2) is 48.0 Å². The molecule has 0 spiro atoms. The maximum Gasteiger partial charge on any atom is 0.335 e. The Kier molecular flexibility index (Phi) is 5.54. The average molecular weight is 336 g/mol. The zero-order valence-electron chi connectivity index (χ0n) is 13.7. The van der Waals surface area contributed by atoms with Gasteiger partial charge in [-0.2, -0.15) is 5.26 Å². The number of anilines is 1. The van der Waals surface area contributed by atoms with Gasteiger partial charge in [0, 0.05) is 5.69 Å². The highest BCUT2D eigenvalue weighted by molar-refractivity contribution is 6.10. The van der Waals surface area contributed by atoms with E-state index in [9.17, 15) is 14.9 Å². The zero-order valence-corrected chi connectivity index (χ0v) is 13.7. The van der Waals surface area contributed by atoms with Crippen LogP contribution in [0.25, 0.3) is 6.08 Å². The molecule has 2 aromatic rings. The van der Waals surface area contributed by atoms with E-state index in [-0.39, 0.29) is 11.1 Å². The van der Waals surface area contributed by atoms with Crippen molar-refractivity contribution in [1.29, 1.82) is 5.26 Å². The van der Waals surface area contributed by atoms with Crippen LogP contribution in [0, 0.1) is 18.3 Å². The van der Waals surface area contributed by atoms with Crippen molar-refractivity contribution >= 4 is 23.6 Å². The minimum Gasteiger partial charge on any atom is -0.497 e. The summed E-state index contributed by atoms with van der Waals surface area (Å²) >= 11 is 0. The third-order valence-corrected chi connectivity index (χ3v) is 3.51. The van der Waals surface area contributed by atoms with Gasteiger partial charge in [-0.15, -0.1) is 0 Å². The molecule has 0 aromatic heterocycles. The Labute approximate surface area is 145 Å². The molecule has 25 heavy (non-hydrogen) atoms. The van der Waals surface area contributed by atoms with Crippen LogP contribution in [0.3, 0.4) is 0 Å². The zero-order chi connectivity index (χ0) is 18.4. The second-order valence-corrected chi connectivity index (χ2v) is 5.23. The molecule has 0 fully saturated rings. The van der Waals surface area contributed by atoms with Gasteiger partial charge in [-0.3, -0.25) is 4.79 Å². The van der Waals surface area contributed by atoms with Gasteiger partial charge in [-0.25, -0.2) is 4.79 Å². The summed E-state index contributed by atoms with van der Waals surface area (Å²) in [5, 5.41) is 20.8. The number of amides is 1. The first-order chi connectivity index (χ1) is 11.9. The number of ether oxygens (including phenoxy) is 1. The molecule has 0 saturated carbocycles. The number of nitriles is 1. The highest BCUT2D eigenvalue weighted by atomic mass is 16.5. The average Bonchev–Trinajstić information content (AvgIpc) is 2.60. The lowest BCUT2D eigenvalue weighted by Gasteiger charge is -2.07. The molecule has 126 valence electrons. The molecule has 2 N–H and O–H groups in total. The molecule has 0 saturated heterocycles. The van der Waals surface area contributed by atoms with Gasteiger partial charge >= 0.3 is 5.97 Å². The van der Waals surface area contributed by atoms with Crippen LogP contribution in [0.5, 0.6) is 5.75 Å². The number of carbonyl (C=O) groups excluding carboxylic acids is 1. The molecule has 0 aliphatic carbocycles. The molecular formula is C19H16N2O4. The molecule has 0 bridgehead atoms. The molecule has 2 rings (SSSR count). The minimum absolute atomic E-state index is 0.0475. The number of benzene rings is 2. The maximum absolute atomic E-state index is 12.3. The molecule has 0 atom stereocenters. The van der Waals surface area contributed by atoms with Crippen molar-refractivity contribution in [1.82, 2.24) is 0 Å². The maximum atomic E-state index is 12.3. The Morgan fingerprint density at radius 3 is 2.60 bits per heavy atom. The van der Waals surface area contributed by atoms with Crippen LogP contribution in [0.2, 0.25) is 0 Å². The van der Waals surface area contributed by atoms with E-state index in [0.29, 0.717) is 17.0 Å². The second kappa shape index (κ2) is 7.79. The summed E-state index contributed by atoms with van der Waals surface area (Å²) in [5.74, 6) is -1.02. The van der Waals surface area contributed by atoms with Crippen molar-refractivity contribution in [3.8, 4) is 11.8 Å². The van der Waals surface area contributed by atoms with Crippen LogP contribution in [0.4, 0.5) is 5.69 Å². The van der Waals surface area contributed by atoms with Gasteiger partial charge in [0.1, 0.15) is 17.4 Å². The van der Waals surface area contributed by atoms with Crippen molar-refractivity contribution in [2.75, 3.05) is 12.4 Å². The number of hydrogen-bond donors (Lipinski definition) is 2. The van der Waals surface area contributed by atoms with Crippen molar-refractivity contribution < 1.29 is 19.4 Å². The molecule has 1 amide bonds. The van der Waals surface area contributed by atoms with E-state index in [1.54, 1.807) is 31.4 Å². The highest BCUT2D eigenvalue weighted by Crippen LogP contribution is 2.20. The van der Waals surface area contributed by atoms with E-state index in [0.717, 1.165) is 5.56 Å². The third kappa shape index (κ3) is 4.45. The monoisotopic (exact) mass is 336 g/mol. The normalized spacial score (nSPS) is 10.7. The predicted octanol–water partition coefficient (Wildman–Crippen LogP) is 3.25. The smallest absolute Gasteiger partial charge is 0.335 e. The molecule has 6 nitrogen and oxygen atoms in total. The summed E-state index contributed by atoms with van der Waals surface area (Å²) in [6.07, 6.45) is 1.48. The number of nitrogens with one attached hydrogen (secondary N) is 1. The van der Waals surface area contributed by atoms with Crippen LogP contribution in [-0.4, -0.2) is 24.1 Å². The summed E-state index contributed by atoms with van der Waals surface area (Å²) < 4.78 is 5.13. The van der Waals surface area contributed by atoms with E-state index >= 15 is 0 Å². The summed E-state index contributed by atoms with van der Waals surface area (Å²) in [6.45, 7) is 1.84. The first-order valence-corrected chi connectivity index (χ1v) is 7.35. The van der Waals surface area contributed by atoms with Crippen molar-refractivity contribution in [2.24, 2.45) is 0 Å². The number of carboxylic acid groups (broad SMARTS) is 1. The predicted molar refractivity (Wildman–Crippen MR) is 93.4 cm³/mol. The first kappa shape index (κ1) is 17.8. The quantitative estimate of drug-likeness (QED) is 0.645. The van der Waals surface area contributed by atoms with Gasteiger partial charge < -0.3 is 15.2 Å². The number of aromatic carboxylic acids is 1. The van der Waals surface area contributed by atoms with Crippen LogP contribution >= 0.6 is 0 Å². The largest absolute Gasteiger partial charge is 0.497 e. The Hall–Kier alpha value is -3.59. The fourth-order valence-corrected chi connectivity index (χ4v) is 2.17. The van der Waals surface area contributed by atoms with Crippen molar-refractivity contribution in [3.63, 3.8) is 0 Å². The van der Waals surface area contributed by atoms with E-state index in [1.807, 2.05) is 13.0 Å². The van der Waals surface area contributed by atoms with Crippen LogP contribution < -0.4 is 10.1 Å². The lowest BCUT2D eigenvalue weighted by Crippen LogP contribution is -2.14. The summed E-state index contributed by atoms with van der Waals surface area (Å²) in [7, 11) is 1.56. The fraction of sp³-hybridized carbons (Fsp3) is 0.105. The van der Waals surface area contributed by atoms with E-state index in [4.69, 9.17) is 9.84 Å². The molecule has 0 radical (unpaired) electrons. The number of aryl methyl sites for hydroxylation is 1. The summed E-state index contributed by atoms with van der Waals surface area (Å²) in [5.41, 5.74) is 1.83. The first-order valence-electron chi connectivity index (χ1n) is 7.35. The summed E-state index contributed by atoms with van der Waals surface area (Å²) in [6, 6.07) is 13.0. The van der Waals surface area contributed by atoms with Gasteiger partial charge in [0.05, 0.1) is 12.7 Å². The molecule has 0 aliphatic heterocycles. The molecule has 0 unspecified atom stereocenters. The van der Waals surface area contributed by atoms with E-state index < -0.39 is 11.9 Å². The van der Waals surface area contributed by atoms with Gasteiger partial charge in [-0.05, 0) is 54.5 Å². The topological polar surface area (TPSA) is 99.4 Å². The molecular weight excluding hydrogens is 320 g/mol. The van der Waals surface area contributed by atoms with E-state index in [2.05, 4.69) is 5.32 Å². The number of carboxylic acids is 1. The minimum atomic E-state index is -1.10. The lowest BCUT2D eigenvalue weighted by molar-refractivity contribution is -0.112. The van der Waals surface area contributed by atoms with Crippen LogP contribution in [0.1, 0.15) is 21.5 Å². The number of hydrogen-bond acceptors (Lipinski definition) is 4. The van der Waals surface area contributed by atoms with Gasteiger partial charge in [0.15, 0.2) is 0 Å². The standard InChI is InChI=1S/C19H16N2O4/c1-12-8-17(25-2)7-6-13(12)9-15(11-20)18(22)21-16-5-3-4-14(10-16)19(23)24/h3-10H,1-2H3,(H,21,22)(H,23,24)/b15-9-. The third-order valence-electron chi connectivity index (χ3n) is 3.51.